The first-order valence-corrected chi connectivity index (χ1v) is 5.12. The number of rotatable bonds is 0. The third-order valence-electron chi connectivity index (χ3n) is 1.72. The van der Waals surface area contributed by atoms with Crippen LogP contribution in [0.25, 0.3) is 11.1 Å². The highest BCUT2D eigenvalue weighted by atomic mass is 35.5. The summed E-state index contributed by atoms with van der Waals surface area (Å²) in [5, 5.41) is 0.866. The van der Waals surface area contributed by atoms with Gasteiger partial charge in [-0.15, -0.1) is 0 Å². The predicted octanol–water partition coefficient (Wildman–Crippen LogP) is 4.75. The molecule has 1 aromatic heterocycles. The minimum atomic E-state index is 0.182. The number of aryl methyl sites for hydroxylation is 1. The maximum Gasteiger partial charge on any atom is 0.192 e. The monoisotopic (exact) mass is 269 g/mol. The fourth-order valence-electron chi connectivity index (χ4n) is 1.12. The Labute approximate surface area is 99.7 Å². The highest BCUT2D eigenvalue weighted by molar-refractivity contribution is 6.54. The molecule has 0 bridgehead atoms. The van der Waals surface area contributed by atoms with E-state index in [1.165, 1.54) is 0 Å². The molecule has 0 spiro atoms. The second kappa shape index (κ2) is 3.46. The average molecular weight is 271 g/mol. The van der Waals surface area contributed by atoms with E-state index in [-0.39, 0.29) is 20.1 Å². The molecule has 0 amide bonds. The van der Waals surface area contributed by atoms with Gasteiger partial charge in [0.25, 0.3) is 0 Å². The molecule has 6 heteroatoms. The molecule has 0 aliphatic rings. The van der Waals surface area contributed by atoms with Gasteiger partial charge in [0.2, 0.25) is 0 Å². The summed E-state index contributed by atoms with van der Waals surface area (Å²) in [6.07, 6.45) is 0. The molecule has 14 heavy (non-hydrogen) atoms. The number of fused-ring (bicyclic) bond motifs is 1. The van der Waals surface area contributed by atoms with Crippen LogP contribution in [-0.4, -0.2) is 4.98 Å². The maximum absolute atomic E-state index is 5.92. The van der Waals surface area contributed by atoms with Crippen LogP contribution in [0.2, 0.25) is 20.1 Å². The molecule has 0 unspecified atom stereocenters. The molecule has 1 heterocycles. The van der Waals surface area contributed by atoms with Crippen molar-refractivity contribution in [3.05, 3.63) is 26.0 Å². The van der Waals surface area contributed by atoms with Gasteiger partial charge in [0.1, 0.15) is 10.5 Å². The predicted molar refractivity (Wildman–Crippen MR) is 58.8 cm³/mol. The summed E-state index contributed by atoms with van der Waals surface area (Å²) >= 11 is 23.5. The minimum absolute atomic E-state index is 0.182. The van der Waals surface area contributed by atoms with Crippen molar-refractivity contribution >= 4 is 57.5 Å². The van der Waals surface area contributed by atoms with Crippen molar-refractivity contribution in [3.63, 3.8) is 0 Å². The SMILES string of the molecule is Cc1nc2c(Cl)c(Cl)c(Cl)c(Cl)c2o1. The Bertz CT molecular complexity index is 475. The zero-order valence-electron chi connectivity index (χ0n) is 6.87. The van der Waals surface area contributed by atoms with E-state index >= 15 is 0 Å². The quantitative estimate of drug-likeness (QED) is 0.510. The molecular formula is C8H3Cl4NO. The Morgan fingerprint density at radius 2 is 1.50 bits per heavy atom. The van der Waals surface area contributed by atoms with Crippen LogP contribution < -0.4 is 0 Å². The van der Waals surface area contributed by atoms with Crippen molar-refractivity contribution < 1.29 is 4.42 Å². The number of oxazole rings is 1. The van der Waals surface area contributed by atoms with E-state index in [1.807, 2.05) is 0 Å². The highest BCUT2D eigenvalue weighted by Gasteiger charge is 2.19. The molecule has 74 valence electrons. The van der Waals surface area contributed by atoms with Gasteiger partial charge in [-0.05, 0) is 0 Å². The molecule has 0 N–H and O–H groups in total. The van der Waals surface area contributed by atoms with Crippen LogP contribution in [0.3, 0.4) is 0 Å². The summed E-state index contributed by atoms with van der Waals surface area (Å²) in [7, 11) is 0. The van der Waals surface area contributed by atoms with E-state index in [2.05, 4.69) is 4.98 Å². The third kappa shape index (κ3) is 1.38. The van der Waals surface area contributed by atoms with Crippen LogP contribution in [0.4, 0.5) is 0 Å². The summed E-state index contributed by atoms with van der Waals surface area (Å²) in [5.41, 5.74) is 0.798. The van der Waals surface area contributed by atoms with Gasteiger partial charge in [-0.1, -0.05) is 46.4 Å². The fraction of sp³-hybridized carbons (Fsp3) is 0.125. The van der Waals surface area contributed by atoms with Gasteiger partial charge in [0, 0.05) is 6.92 Å². The largest absolute Gasteiger partial charge is 0.439 e. The first-order valence-electron chi connectivity index (χ1n) is 3.61. The molecular weight excluding hydrogens is 268 g/mol. The Balaban J connectivity index is 3.01. The van der Waals surface area contributed by atoms with E-state index in [1.54, 1.807) is 6.92 Å². The molecule has 0 saturated heterocycles. The van der Waals surface area contributed by atoms with Gasteiger partial charge < -0.3 is 4.42 Å². The van der Waals surface area contributed by atoms with Gasteiger partial charge in [-0.3, -0.25) is 0 Å². The molecule has 0 fully saturated rings. The molecule has 0 saturated carbocycles. The molecule has 1 aromatic carbocycles. The van der Waals surface area contributed by atoms with E-state index in [0.29, 0.717) is 17.0 Å². The molecule has 0 atom stereocenters. The summed E-state index contributed by atoms with van der Waals surface area (Å²) in [5.74, 6) is 0.460. The number of hydrogen-bond acceptors (Lipinski definition) is 2. The van der Waals surface area contributed by atoms with Crippen LogP contribution in [0.5, 0.6) is 0 Å². The van der Waals surface area contributed by atoms with Crippen LogP contribution >= 0.6 is 46.4 Å². The third-order valence-corrected chi connectivity index (χ3v) is 3.49. The lowest BCUT2D eigenvalue weighted by Gasteiger charge is -2.01. The van der Waals surface area contributed by atoms with Crippen LogP contribution in [0, 0.1) is 6.92 Å². The first kappa shape index (κ1) is 10.4. The van der Waals surface area contributed by atoms with Crippen LogP contribution in [-0.2, 0) is 0 Å². The molecule has 0 aliphatic heterocycles. The first-order chi connectivity index (χ1) is 6.52. The van der Waals surface area contributed by atoms with Gasteiger partial charge in [0.05, 0.1) is 15.1 Å². The van der Waals surface area contributed by atoms with Crippen molar-refractivity contribution in [1.82, 2.24) is 4.98 Å². The summed E-state index contributed by atoms with van der Waals surface area (Å²) in [6.45, 7) is 1.69. The van der Waals surface area contributed by atoms with E-state index in [4.69, 9.17) is 50.8 Å². The zero-order valence-corrected chi connectivity index (χ0v) is 9.89. The van der Waals surface area contributed by atoms with E-state index in [9.17, 15) is 0 Å². The van der Waals surface area contributed by atoms with Crippen molar-refractivity contribution in [2.24, 2.45) is 0 Å². The Morgan fingerprint density at radius 3 is 2.14 bits per heavy atom. The Morgan fingerprint density at radius 1 is 0.929 bits per heavy atom. The number of hydrogen-bond donors (Lipinski definition) is 0. The van der Waals surface area contributed by atoms with Crippen LogP contribution in [0.15, 0.2) is 4.42 Å². The molecule has 2 nitrogen and oxygen atoms in total. The van der Waals surface area contributed by atoms with Crippen molar-refractivity contribution in [3.8, 4) is 0 Å². The standard InChI is InChI=1S/C8H3Cl4NO/c1-2-13-7-5(11)3(9)4(10)6(12)8(7)14-2/h1H3. The smallest absolute Gasteiger partial charge is 0.192 e. The lowest BCUT2D eigenvalue weighted by Crippen LogP contribution is -1.78. The second-order valence-electron chi connectivity index (χ2n) is 2.67. The lowest BCUT2D eigenvalue weighted by atomic mass is 10.3. The van der Waals surface area contributed by atoms with Crippen molar-refractivity contribution in [2.45, 2.75) is 6.92 Å². The number of nitrogens with zero attached hydrogens (tertiary/aromatic N) is 1. The van der Waals surface area contributed by atoms with Gasteiger partial charge in [-0.25, -0.2) is 4.98 Å². The number of benzene rings is 1. The topological polar surface area (TPSA) is 26.0 Å². The zero-order chi connectivity index (χ0) is 10.5. The average Bonchev–Trinajstić information content (AvgIpc) is 2.54. The highest BCUT2D eigenvalue weighted by Crippen LogP contribution is 2.42. The van der Waals surface area contributed by atoms with Gasteiger partial charge in [-0.2, -0.15) is 0 Å². The molecule has 2 rings (SSSR count). The maximum atomic E-state index is 5.92. The van der Waals surface area contributed by atoms with E-state index in [0.717, 1.165) is 0 Å². The number of halogens is 4. The normalized spacial score (nSPS) is 11.2. The van der Waals surface area contributed by atoms with Gasteiger partial charge in [0.15, 0.2) is 11.5 Å². The van der Waals surface area contributed by atoms with Gasteiger partial charge >= 0.3 is 0 Å². The summed E-state index contributed by atoms with van der Waals surface area (Å²) in [4.78, 5) is 4.05. The molecule has 2 aromatic rings. The summed E-state index contributed by atoms with van der Waals surface area (Å²) < 4.78 is 5.24. The van der Waals surface area contributed by atoms with Crippen molar-refractivity contribution in [2.75, 3.05) is 0 Å². The van der Waals surface area contributed by atoms with E-state index < -0.39 is 0 Å². The van der Waals surface area contributed by atoms with Crippen molar-refractivity contribution in [1.29, 1.82) is 0 Å². The minimum Gasteiger partial charge on any atom is -0.439 e. The fourth-order valence-corrected chi connectivity index (χ4v) is 2.03. The molecule has 0 aliphatic carbocycles. The Kier molecular flexibility index (Phi) is 2.56. The Hall–Kier alpha value is -0.150. The molecule has 0 radical (unpaired) electrons. The summed E-state index contributed by atoms with van der Waals surface area (Å²) in [6, 6.07) is 0. The number of aromatic nitrogens is 1. The second-order valence-corrected chi connectivity index (χ2v) is 4.18. The van der Waals surface area contributed by atoms with Crippen LogP contribution in [0.1, 0.15) is 5.89 Å². The lowest BCUT2D eigenvalue weighted by molar-refractivity contribution is 0.561.